The molecule has 23 heavy (non-hydrogen) atoms. The van der Waals surface area contributed by atoms with Gasteiger partial charge in [0.25, 0.3) is 0 Å². The van der Waals surface area contributed by atoms with Crippen LogP contribution in [-0.2, 0) is 6.54 Å². The van der Waals surface area contributed by atoms with Gasteiger partial charge in [-0.2, -0.15) is 0 Å². The molecule has 120 valence electrons. The fraction of sp³-hybridized carbons (Fsp3) is 0.294. The SMILES string of the molecule is O=C(Nc1ccc(F)cc1)N1CCN(Cc2ccncc2)CC1. The Morgan fingerprint density at radius 1 is 1.04 bits per heavy atom. The van der Waals surface area contributed by atoms with Gasteiger partial charge in [-0.15, -0.1) is 0 Å². The van der Waals surface area contributed by atoms with Gasteiger partial charge in [-0.05, 0) is 42.0 Å². The third kappa shape index (κ3) is 4.26. The van der Waals surface area contributed by atoms with Crippen molar-refractivity contribution in [2.45, 2.75) is 6.54 Å². The molecule has 1 fully saturated rings. The predicted molar refractivity (Wildman–Crippen MR) is 86.5 cm³/mol. The minimum atomic E-state index is -0.312. The van der Waals surface area contributed by atoms with E-state index in [-0.39, 0.29) is 11.8 Å². The average Bonchev–Trinajstić information content (AvgIpc) is 2.58. The molecule has 1 saturated heterocycles. The van der Waals surface area contributed by atoms with E-state index in [1.54, 1.807) is 29.4 Å². The fourth-order valence-electron chi connectivity index (χ4n) is 2.59. The van der Waals surface area contributed by atoms with Gasteiger partial charge in [0.05, 0.1) is 0 Å². The number of hydrogen-bond donors (Lipinski definition) is 1. The molecule has 1 aromatic carbocycles. The highest BCUT2D eigenvalue weighted by molar-refractivity contribution is 5.89. The summed E-state index contributed by atoms with van der Waals surface area (Å²) in [4.78, 5) is 20.3. The van der Waals surface area contributed by atoms with Crippen molar-refractivity contribution in [3.8, 4) is 0 Å². The zero-order valence-corrected chi connectivity index (χ0v) is 12.8. The zero-order valence-electron chi connectivity index (χ0n) is 12.8. The number of hydrogen-bond acceptors (Lipinski definition) is 3. The molecule has 2 aromatic rings. The second-order valence-electron chi connectivity index (χ2n) is 5.56. The van der Waals surface area contributed by atoms with Gasteiger partial charge in [0.15, 0.2) is 0 Å². The van der Waals surface area contributed by atoms with Crippen LogP contribution in [0.1, 0.15) is 5.56 Å². The van der Waals surface area contributed by atoms with Crippen LogP contribution in [0.2, 0.25) is 0 Å². The van der Waals surface area contributed by atoms with Crippen molar-refractivity contribution >= 4 is 11.7 Å². The lowest BCUT2D eigenvalue weighted by atomic mass is 10.2. The van der Waals surface area contributed by atoms with Gasteiger partial charge in [0.1, 0.15) is 5.82 Å². The van der Waals surface area contributed by atoms with E-state index in [0.717, 1.165) is 19.6 Å². The Morgan fingerprint density at radius 2 is 1.70 bits per heavy atom. The summed E-state index contributed by atoms with van der Waals surface area (Å²) in [5.74, 6) is -0.312. The molecule has 6 heteroatoms. The Kier molecular flexibility index (Phi) is 4.83. The standard InChI is InChI=1S/C17H19FN4O/c18-15-1-3-16(4-2-15)20-17(23)22-11-9-21(10-12-22)13-14-5-7-19-8-6-14/h1-8H,9-13H2,(H,20,23). The molecular weight excluding hydrogens is 295 g/mol. The molecule has 0 atom stereocenters. The molecule has 2 heterocycles. The number of amides is 2. The van der Waals surface area contributed by atoms with Gasteiger partial charge in [-0.1, -0.05) is 0 Å². The number of anilines is 1. The smallest absolute Gasteiger partial charge is 0.321 e. The van der Waals surface area contributed by atoms with E-state index in [4.69, 9.17) is 0 Å². The van der Waals surface area contributed by atoms with Crippen molar-refractivity contribution in [2.24, 2.45) is 0 Å². The minimum absolute atomic E-state index is 0.139. The molecule has 1 aromatic heterocycles. The number of aromatic nitrogens is 1. The van der Waals surface area contributed by atoms with Crippen LogP contribution in [0.15, 0.2) is 48.8 Å². The molecule has 2 amide bonds. The van der Waals surface area contributed by atoms with Gasteiger partial charge in [-0.25, -0.2) is 9.18 Å². The first-order valence-corrected chi connectivity index (χ1v) is 7.63. The number of pyridine rings is 1. The number of urea groups is 1. The average molecular weight is 314 g/mol. The van der Waals surface area contributed by atoms with Crippen molar-refractivity contribution in [3.05, 3.63) is 60.2 Å². The lowest BCUT2D eigenvalue weighted by Crippen LogP contribution is -2.49. The highest BCUT2D eigenvalue weighted by atomic mass is 19.1. The number of nitrogens with one attached hydrogen (secondary N) is 1. The maximum absolute atomic E-state index is 12.9. The van der Waals surface area contributed by atoms with Crippen LogP contribution in [0.5, 0.6) is 0 Å². The Morgan fingerprint density at radius 3 is 2.35 bits per heavy atom. The Labute approximate surface area is 134 Å². The van der Waals surface area contributed by atoms with E-state index in [2.05, 4.69) is 15.2 Å². The second kappa shape index (κ2) is 7.19. The number of nitrogens with zero attached hydrogens (tertiary/aromatic N) is 3. The Bertz CT molecular complexity index is 639. The minimum Gasteiger partial charge on any atom is -0.322 e. The summed E-state index contributed by atoms with van der Waals surface area (Å²) in [7, 11) is 0. The van der Waals surface area contributed by atoms with E-state index < -0.39 is 0 Å². The van der Waals surface area contributed by atoms with E-state index >= 15 is 0 Å². The number of carbonyl (C=O) groups is 1. The van der Waals surface area contributed by atoms with Gasteiger partial charge in [-0.3, -0.25) is 9.88 Å². The highest BCUT2D eigenvalue weighted by Crippen LogP contribution is 2.12. The lowest BCUT2D eigenvalue weighted by Gasteiger charge is -2.34. The maximum atomic E-state index is 12.9. The third-order valence-electron chi connectivity index (χ3n) is 3.91. The molecule has 0 aliphatic carbocycles. The molecule has 1 aliphatic heterocycles. The fourth-order valence-corrected chi connectivity index (χ4v) is 2.59. The zero-order chi connectivity index (χ0) is 16.1. The van der Waals surface area contributed by atoms with E-state index in [0.29, 0.717) is 18.8 Å². The molecule has 0 unspecified atom stereocenters. The molecule has 0 bridgehead atoms. The number of halogens is 1. The van der Waals surface area contributed by atoms with Gasteiger partial charge < -0.3 is 10.2 Å². The quantitative estimate of drug-likeness (QED) is 0.947. The molecular formula is C17H19FN4O. The highest BCUT2D eigenvalue weighted by Gasteiger charge is 2.21. The van der Waals surface area contributed by atoms with E-state index in [1.165, 1.54) is 17.7 Å². The molecule has 0 spiro atoms. The van der Waals surface area contributed by atoms with Crippen LogP contribution in [0.4, 0.5) is 14.9 Å². The molecule has 1 aliphatic rings. The Balaban J connectivity index is 1.48. The van der Waals surface area contributed by atoms with Crippen molar-refractivity contribution in [3.63, 3.8) is 0 Å². The summed E-state index contributed by atoms with van der Waals surface area (Å²) in [6, 6.07) is 9.67. The first-order chi connectivity index (χ1) is 11.2. The van der Waals surface area contributed by atoms with Crippen LogP contribution in [0.25, 0.3) is 0 Å². The third-order valence-corrected chi connectivity index (χ3v) is 3.91. The van der Waals surface area contributed by atoms with Crippen molar-refractivity contribution < 1.29 is 9.18 Å². The molecule has 0 saturated carbocycles. The first kappa shape index (κ1) is 15.4. The number of rotatable bonds is 3. The monoisotopic (exact) mass is 314 g/mol. The molecule has 5 nitrogen and oxygen atoms in total. The summed E-state index contributed by atoms with van der Waals surface area (Å²) < 4.78 is 12.9. The molecule has 0 radical (unpaired) electrons. The van der Waals surface area contributed by atoms with E-state index in [9.17, 15) is 9.18 Å². The number of benzene rings is 1. The van der Waals surface area contributed by atoms with Crippen LogP contribution >= 0.6 is 0 Å². The first-order valence-electron chi connectivity index (χ1n) is 7.63. The van der Waals surface area contributed by atoms with Crippen molar-refractivity contribution in [2.75, 3.05) is 31.5 Å². The van der Waals surface area contributed by atoms with E-state index in [1.807, 2.05) is 12.1 Å². The molecule has 1 N–H and O–H groups in total. The number of piperazine rings is 1. The maximum Gasteiger partial charge on any atom is 0.321 e. The predicted octanol–water partition coefficient (Wildman–Crippen LogP) is 2.57. The van der Waals surface area contributed by atoms with Crippen LogP contribution in [-0.4, -0.2) is 47.0 Å². The summed E-state index contributed by atoms with van der Waals surface area (Å²) in [5, 5.41) is 2.80. The van der Waals surface area contributed by atoms with Gasteiger partial charge in [0.2, 0.25) is 0 Å². The Hall–Kier alpha value is -2.47. The van der Waals surface area contributed by atoms with Crippen molar-refractivity contribution in [1.29, 1.82) is 0 Å². The lowest BCUT2D eigenvalue weighted by molar-refractivity contribution is 0.143. The summed E-state index contributed by atoms with van der Waals surface area (Å²) in [5.41, 5.74) is 1.83. The molecule has 3 rings (SSSR count). The van der Waals surface area contributed by atoms with Gasteiger partial charge >= 0.3 is 6.03 Å². The van der Waals surface area contributed by atoms with Crippen LogP contribution < -0.4 is 5.32 Å². The summed E-state index contributed by atoms with van der Waals surface area (Å²) in [6.07, 6.45) is 3.59. The normalized spacial score (nSPS) is 15.4. The largest absolute Gasteiger partial charge is 0.322 e. The summed E-state index contributed by atoms with van der Waals surface area (Å²) in [6.45, 7) is 3.89. The number of carbonyl (C=O) groups excluding carboxylic acids is 1. The van der Waals surface area contributed by atoms with Gasteiger partial charge in [0, 0.05) is 50.8 Å². The topological polar surface area (TPSA) is 48.5 Å². The second-order valence-corrected chi connectivity index (χ2v) is 5.56. The summed E-state index contributed by atoms with van der Waals surface area (Å²) >= 11 is 0. The van der Waals surface area contributed by atoms with Crippen molar-refractivity contribution in [1.82, 2.24) is 14.8 Å². The van der Waals surface area contributed by atoms with Crippen LogP contribution in [0, 0.1) is 5.82 Å². The van der Waals surface area contributed by atoms with Crippen LogP contribution in [0.3, 0.4) is 0 Å².